The van der Waals surface area contributed by atoms with E-state index in [1.807, 2.05) is 0 Å². The Labute approximate surface area is 100 Å². The lowest BCUT2D eigenvalue weighted by Gasteiger charge is -2.03. The van der Waals surface area contributed by atoms with Crippen LogP contribution >= 0.6 is 12.2 Å². The largest absolute Gasteiger partial charge is 0.463 e. The molecule has 0 aliphatic rings. The van der Waals surface area contributed by atoms with Gasteiger partial charge in [0, 0.05) is 12.5 Å². The van der Waals surface area contributed by atoms with Gasteiger partial charge in [-0.3, -0.25) is 4.79 Å². The fourth-order valence-electron chi connectivity index (χ4n) is 0.996. The van der Waals surface area contributed by atoms with Crippen LogP contribution in [-0.4, -0.2) is 23.6 Å². The minimum absolute atomic E-state index is 0.00934. The lowest BCUT2D eigenvalue weighted by atomic mass is 10.2. The van der Waals surface area contributed by atoms with Crippen molar-refractivity contribution in [1.82, 2.24) is 5.32 Å². The monoisotopic (exact) mass is 244 g/mol. The Morgan fingerprint density at radius 2 is 2.06 bits per heavy atom. The number of nitrogens with one attached hydrogen (secondary N) is 1. The minimum Gasteiger partial charge on any atom is -0.463 e. The van der Waals surface area contributed by atoms with E-state index in [0.717, 1.165) is 18.9 Å². The summed E-state index contributed by atoms with van der Waals surface area (Å²) >= 11 is 4.51. The van der Waals surface area contributed by atoms with E-state index in [1.165, 1.54) is 0 Å². The molecule has 0 aliphatic heterocycles. The number of hydrogen-bond donors (Lipinski definition) is 2. The van der Waals surface area contributed by atoms with Crippen LogP contribution in [0.2, 0.25) is 0 Å². The molecule has 90 valence electrons. The highest BCUT2D eigenvalue weighted by Crippen LogP contribution is 2.00. The van der Waals surface area contributed by atoms with E-state index in [1.54, 1.807) is 0 Å². The maximum Gasteiger partial charge on any atom is 0.330 e. The summed E-state index contributed by atoms with van der Waals surface area (Å²) in [6, 6.07) is 0. The third-order valence-corrected chi connectivity index (χ3v) is 1.82. The molecule has 3 N–H and O–H groups in total. The van der Waals surface area contributed by atoms with E-state index < -0.39 is 5.97 Å². The van der Waals surface area contributed by atoms with Gasteiger partial charge in [0.25, 0.3) is 0 Å². The van der Waals surface area contributed by atoms with E-state index in [0.29, 0.717) is 19.4 Å². The van der Waals surface area contributed by atoms with Crippen molar-refractivity contribution in [3.8, 4) is 0 Å². The summed E-state index contributed by atoms with van der Waals surface area (Å²) in [6.45, 7) is 3.62. The fourth-order valence-corrected chi connectivity index (χ4v) is 1.11. The fraction of sp³-hybridized carbons (Fsp3) is 0.500. The minimum atomic E-state index is -0.425. The zero-order valence-electron chi connectivity index (χ0n) is 9.03. The van der Waals surface area contributed by atoms with E-state index in [-0.39, 0.29) is 11.0 Å². The maximum atomic E-state index is 11.1. The number of unbranched alkanes of at least 4 members (excludes halogenated alkanes) is 2. The summed E-state index contributed by atoms with van der Waals surface area (Å²) in [7, 11) is 0. The van der Waals surface area contributed by atoms with Crippen LogP contribution in [0, 0.1) is 0 Å². The Kier molecular flexibility index (Phi) is 8.05. The van der Waals surface area contributed by atoms with Crippen LogP contribution in [0.3, 0.4) is 0 Å². The number of rotatable bonds is 7. The van der Waals surface area contributed by atoms with Crippen molar-refractivity contribution in [1.29, 1.82) is 0 Å². The van der Waals surface area contributed by atoms with Gasteiger partial charge in [0.1, 0.15) is 0 Å². The SMILES string of the molecule is C=CC(=O)OCCCCCC(=O)NC(N)=S. The molecule has 0 spiro atoms. The van der Waals surface area contributed by atoms with Gasteiger partial charge < -0.3 is 15.8 Å². The number of ether oxygens (including phenoxy) is 1. The van der Waals surface area contributed by atoms with Gasteiger partial charge in [0.05, 0.1) is 6.61 Å². The van der Waals surface area contributed by atoms with Gasteiger partial charge in [0.15, 0.2) is 5.11 Å². The number of thiocarbonyl (C=S) groups is 1. The molecule has 0 saturated carbocycles. The average Bonchev–Trinajstić information content (AvgIpc) is 2.21. The molecule has 0 unspecified atom stereocenters. The molecule has 0 rings (SSSR count). The van der Waals surface area contributed by atoms with Gasteiger partial charge in [-0.25, -0.2) is 4.79 Å². The van der Waals surface area contributed by atoms with Crippen molar-refractivity contribution in [3.05, 3.63) is 12.7 Å². The molecule has 1 amide bonds. The summed E-state index contributed by atoms with van der Waals surface area (Å²) in [5, 5.41) is 2.32. The zero-order chi connectivity index (χ0) is 12.4. The van der Waals surface area contributed by atoms with Crippen molar-refractivity contribution in [2.45, 2.75) is 25.7 Å². The molecule has 6 heteroatoms. The van der Waals surface area contributed by atoms with Gasteiger partial charge in [-0.15, -0.1) is 0 Å². The number of carbonyl (C=O) groups excluding carboxylic acids is 2. The molecule has 0 saturated heterocycles. The van der Waals surface area contributed by atoms with Crippen molar-refractivity contribution < 1.29 is 14.3 Å². The standard InChI is InChI=1S/C10H16N2O3S/c1-2-9(14)15-7-5-3-4-6-8(13)12-10(11)16/h2H,1,3-7H2,(H3,11,12,13,16). The molecule has 16 heavy (non-hydrogen) atoms. The number of hydrogen-bond acceptors (Lipinski definition) is 4. The average molecular weight is 244 g/mol. The van der Waals surface area contributed by atoms with Crippen molar-refractivity contribution in [2.24, 2.45) is 5.73 Å². The van der Waals surface area contributed by atoms with E-state index in [4.69, 9.17) is 10.5 Å². The molecular formula is C10H16N2O3S. The van der Waals surface area contributed by atoms with Gasteiger partial charge in [-0.2, -0.15) is 0 Å². The zero-order valence-corrected chi connectivity index (χ0v) is 9.85. The second-order valence-corrected chi connectivity index (χ2v) is 3.53. The summed E-state index contributed by atoms with van der Waals surface area (Å²) in [4.78, 5) is 21.7. The quantitative estimate of drug-likeness (QED) is 0.297. The van der Waals surface area contributed by atoms with E-state index in [2.05, 4.69) is 24.1 Å². The molecule has 0 heterocycles. The highest BCUT2D eigenvalue weighted by atomic mass is 32.1. The summed E-state index contributed by atoms with van der Waals surface area (Å²) in [5.41, 5.74) is 5.13. The molecular weight excluding hydrogens is 228 g/mol. The van der Waals surface area contributed by atoms with Crippen molar-refractivity contribution in [3.63, 3.8) is 0 Å². The molecule has 0 radical (unpaired) electrons. The van der Waals surface area contributed by atoms with Crippen LogP contribution in [0.25, 0.3) is 0 Å². The van der Waals surface area contributed by atoms with E-state index in [9.17, 15) is 9.59 Å². The first kappa shape index (κ1) is 14.6. The van der Waals surface area contributed by atoms with Crippen LogP contribution in [0.4, 0.5) is 0 Å². The first-order valence-electron chi connectivity index (χ1n) is 4.94. The number of esters is 1. The summed E-state index contributed by atoms with van der Waals surface area (Å²) in [6.07, 6.45) is 3.72. The normalized spacial score (nSPS) is 9.25. The van der Waals surface area contributed by atoms with Gasteiger partial charge in [-0.05, 0) is 31.5 Å². The second kappa shape index (κ2) is 8.84. The van der Waals surface area contributed by atoms with Crippen LogP contribution in [0.15, 0.2) is 12.7 Å². The number of amides is 1. The molecule has 0 bridgehead atoms. The molecule has 0 atom stereocenters. The first-order chi connectivity index (χ1) is 7.56. The molecule has 0 aromatic rings. The summed E-state index contributed by atoms with van der Waals surface area (Å²) in [5.74, 6) is -0.609. The second-order valence-electron chi connectivity index (χ2n) is 3.09. The number of nitrogens with two attached hydrogens (primary N) is 1. The van der Waals surface area contributed by atoms with Crippen molar-refractivity contribution >= 4 is 29.2 Å². The molecule has 0 fully saturated rings. The first-order valence-corrected chi connectivity index (χ1v) is 5.35. The molecule has 0 aliphatic carbocycles. The Morgan fingerprint density at radius 1 is 1.38 bits per heavy atom. The predicted molar refractivity (Wildman–Crippen MR) is 64.6 cm³/mol. The van der Waals surface area contributed by atoms with Crippen LogP contribution in [0.1, 0.15) is 25.7 Å². The van der Waals surface area contributed by atoms with Crippen LogP contribution in [-0.2, 0) is 14.3 Å². The van der Waals surface area contributed by atoms with Gasteiger partial charge in [-0.1, -0.05) is 6.58 Å². The van der Waals surface area contributed by atoms with Crippen LogP contribution in [0.5, 0.6) is 0 Å². The molecule has 0 aromatic heterocycles. The summed E-state index contributed by atoms with van der Waals surface area (Å²) < 4.78 is 4.76. The Morgan fingerprint density at radius 3 is 2.62 bits per heavy atom. The van der Waals surface area contributed by atoms with E-state index >= 15 is 0 Å². The highest BCUT2D eigenvalue weighted by Gasteiger charge is 2.01. The Balaban J connectivity index is 3.33. The Hall–Kier alpha value is -1.43. The molecule has 5 nitrogen and oxygen atoms in total. The molecule has 0 aromatic carbocycles. The third-order valence-electron chi connectivity index (χ3n) is 1.72. The third kappa shape index (κ3) is 9.14. The lowest BCUT2D eigenvalue weighted by molar-refractivity contribution is -0.137. The van der Waals surface area contributed by atoms with Gasteiger partial charge in [0.2, 0.25) is 5.91 Å². The van der Waals surface area contributed by atoms with Crippen molar-refractivity contribution in [2.75, 3.05) is 6.61 Å². The smallest absolute Gasteiger partial charge is 0.330 e. The maximum absolute atomic E-state index is 11.1. The Bertz CT molecular complexity index is 279. The topological polar surface area (TPSA) is 81.4 Å². The predicted octanol–water partition coefficient (Wildman–Crippen LogP) is 0.636. The van der Waals surface area contributed by atoms with Gasteiger partial charge >= 0.3 is 5.97 Å². The highest BCUT2D eigenvalue weighted by molar-refractivity contribution is 7.80. The lowest BCUT2D eigenvalue weighted by Crippen LogP contribution is -2.34. The number of carbonyl (C=O) groups is 2. The van der Waals surface area contributed by atoms with Crippen LogP contribution < -0.4 is 11.1 Å².